The Hall–Kier alpha value is -1.66. The van der Waals surface area contributed by atoms with Crippen molar-refractivity contribution in [3.8, 4) is 0 Å². The van der Waals surface area contributed by atoms with Crippen LogP contribution < -0.4 is 5.32 Å². The van der Waals surface area contributed by atoms with E-state index in [4.69, 9.17) is 4.74 Å². The molecular formula is C86H167NO5. The van der Waals surface area contributed by atoms with Crippen LogP contribution >= 0.6 is 0 Å². The molecule has 0 saturated carbocycles. The van der Waals surface area contributed by atoms with Gasteiger partial charge in [0.05, 0.1) is 25.4 Å². The van der Waals surface area contributed by atoms with Gasteiger partial charge in [0.1, 0.15) is 0 Å². The van der Waals surface area contributed by atoms with Gasteiger partial charge >= 0.3 is 5.97 Å². The Labute approximate surface area is 577 Å². The number of allylic oxidation sites excluding steroid dienone is 4. The van der Waals surface area contributed by atoms with Crippen molar-refractivity contribution in [2.45, 2.75) is 501 Å². The average molecular weight is 1300 g/mol. The van der Waals surface area contributed by atoms with Crippen LogP contribution in [0.3, 0.4) is 0 Å². The minimum absolute atomic E-state index is 0.0239. The first-order chi connectivity index (χ1) is 45.5. The molecule has 0 aromatic carbocycles. The number of rotatable bonds is 81. The van der Waals surface area contributed by atoms with E-state index in [9.17, 15) is 19.8 Å². The SMILES string of the molecule is CCCCCCCCCCCCCCCCCCCCCCCC(O)C(CO)NC(=O)CCCCCCCCCCCCCCCCCCC/C=C\C/C=C\CCCCCCCCCCCCCCCOC(=O)CCCCCCCCCCCCCCCCCCC. The van der Waals surface area contributed by atoms with Gasteiger partial charge in [-0.25, -0.2) is 0 Å². The maximum atomic E-state index is 12.6. The first kappa shape index (κ1) is 90.3. The average Bonchev–Trinajstić information content (AvgIpc) is 3.76. The van der Waals surface area contributed by atoms with Gasteiger partial charge in [0.25, 0.3) is 0 Å². The van der Waals surface area contributed by atoms with E-state index >= 15 is 0 Å². The zero-order valence-electron chi connectivity index (χ0n) is 62.8. The predicted octanol–water partition coefficient (Wildman–Crippen LogP) is 28.4. The van der Waals surface area contributed by atoms with Gasteiger partial charge in [-0.05, 0) is 57.8 Å². The second kappa shape index (κ2) is 81.8. The predicted molar refractivity (Wildman–Crippen MR) is 407 cm³/mol. The molecule has 0 aliphatic carbocycles. The summed E-state index contributed by atoms with van der Waals surface area (Å²) in [4.78, 5) is 24.7. The van der Waals surface area contributed by atoms with Crippen molar-refractivity contribution in [3.05, 3.63) is 24.3 Å². The molecule has 0 aromatic rings. The molecule has 0 bridgehead atoms. The summed E-state index contributed by atoms with van der Waals surface area (Å²) in [7, 11) is 0. The van der Waals surface area contributed by atoms with Crippen LogP contribution in [-0.2, 0) is 14.3 Å². The molecule has 92 heavy (non-hydrogen) atoms. The summed E-state index contributed by atoms with van der Waals surface area (Å²) >= 11 is 0. The Balaban J connectivity index is 3.35. The van der Waals surface area contributed by atoms with Crippen molar-refractivity contribution >= 4 is 11.9 Å². The summed E-state index contributed by atoms with van der Waals surface area (Å²) in [6.45, 7) is 5.02. The normalized spacial score (nSPS) is 12.5. The number of hydrogen-bond donors (Lipinski definition) is 3. The summed E-state index contributed by atoms with van der Waals surface area (Å²) in [6, 6.07) is -0.540. The number of esters is 1. The van der Waals surface area contributed by atoms with E-state index in [-0.39, 0.29) is 18.5 Å². The van der Waals surface area contributed by atoms with Crippen LogP contribution in [0.4, 0.5) is 0 Å². The molecule has 0 rings (SSSR count). The van der Waals surface area contributed by atoms with Crippen molar-refractivity contribution in [3.63, 3.8) is 0 Å². The Morgan fingerprint density at radius 1 is 0.304 bits per heavy atom. The third kappa shape index (κ3) is 77.3. The fraction of sp³-hybridized carbons (Fsp3) is 0.930. The van der Waals surface area contributed by atoms with Gasteiger partial charge in [0.2, 0.25) is 5.91 Å². The van der Waals surface area contributed by atoms with Gasteiger partial charge in [-0.1, -0.05) is 443 Å². The van der Waals surface area contributed by atoms with E-state index in [1.807, 2.05) is 0 Å². The standard InChI is InChI=1S/C86H167NO5/c1-3-5-7-9-11-13-15-17-19-21-22-40-43-47-50-54-58-62-66-70-74-78-84(89)83(82-88)87-85(90)79-75-71-67-63-59-55-51-48-44-41-38-36-34-32-30-28-26-24-23-25-27-29-31-33-35-37-39-42-45-49-53-57-61-65-69-73-77-81-92-86(91)80-76-72-68-64-60-56-52-46-20-18-16-14-12-10-8-6-4-2/h23,25,29,31,83-84,88-89H,3-22,24,26-28,30,32-82H2,1-2H3,(H,87,90)/b25-23-,31-29-. The molecule has 0 fully saturated rings. The van der Waals surface area contributed by atoms with Crippen LogP contribution in [0.2, 0.25) is 0 Å². The Morgan fingerprint density at radius 2 is 0.543 bits per heavy atom. The second-order valence-corrected chi connectivity index (χ2v) is 29.5. The van der Waals surface area contributed by atoms with E-state index in [2.05, 4.69) is 43.5 Å². The number of amides is 1. The van der Waals surface area contributed by atoms with Crippen LogP contribution in [0.1, 0.15) is 489 Å². The maximum absolute atomic E-state index is 12.6. The molecule has 0 spiro atoms. The van der Waals surface area contributed by atoms with Crippen LogP contribution in [0.15, 0.2) is 24.3 Å². The van der Waals surface area contributed by atoms with E-state index in [1.165, 1.54) is 411 Å². The molecule has 0 heterocycles. The van der Waals surface area contributed by atoms with E-state index in [1.54, 1.807) is 0 Å². The molecule has 6 heteroatoms. The highest BCUT2D eigenvalue weighted by molar-refractivity contribution is 5.76. The molecule has 0 radical (unpaired) electrons. The van der Waals surface area contributed by atoms with Gasteiger partial charge in [-0.15, -0.1) is 0 Å². The third-order valence-electron chi connectivity index (χ3n) is 20.3. The lowest BCUT2D eigenvalue weighted by atomic mass is 10.0. The first-order valence-corrected chi connectivity index (χ1v) is 42.6. The van der Waals surface area contributed by atoms with Crippen molar-refractivity contribution < 1.29 is 24.5 Å². The lowest BCUT2D eigenvalue weighted by Gasteiger charge is -2.22. The molecule has 0 aromatic heterocycles. The minimum Gasteiger partial charge on any atom is -0.466 e. The number of ether oxygens (including phenoxy) is 1. The molecule has 1 amide bonds. The van der Waals surface area contributed by atoms with Crippen molar-refractivity contribution in [2.75, 3.05) is 13.2 Å². The molecule has 3 N–H and O–H groups in total. The lowest BCUT2D eigenvalue weighted by Crippen LogP contribution is -2.45. The van der Waals surface area contributed by atoms with E-state index in [0.717, 1.165) is 44.9 Å². The molecule has 0 saturated heterocycles. The monoisotopic (exact) mass is 1290 g/mol. The quantitative estimate of drug-likeness (QED) is 0.0320. The fourth-order valence-electron chi connectivity index (χ4n) is 13.8. The molecule has 0 aliphatic rings. The smallest absolute Gasteiger partial charge is 0.305 e. The molecule has 0 aliphatic heterocycles. The van der Waals surface area contributed by atoms with Crippen LogP contribution in [0, 0.1) is 0 Å². The van der Waals surface area contributed by atoms with Gasteiger partial charge in [0.15, 0.2) is 0 Å². The summed E-state index contributed by atoms with van der Waals surface area (Å²) in [6.07, 6.45) is 106. The second-order valence-electron chi connectivity index (χ2n) is 29.5. The minimum atomic E-state index is -0.663. The molecular weight excluding hydrogens is 1130 g/mol. The molecule has 2 unspecified atom stereocenters. The van der Waals surface area contributed by atoms with Gasteiger partial charge in [0, 0.05) is 12.8 Å². The van der Waals surface area contributed by atoms with Crippen LogP contribution in [0.5, 0.6) is 0 Å². The number of carbonyl (C=O) groups excluding carboxylic acids is 2. The number of aliphatic hydroxyl groups excluding tert-OH is 2. The number of carbonyl (C=O) groups is 2. The number of aliphatic hydroxyl groups is 2. The van der Waals surface area contributed by atoms with E-state index in [0.29, 0.717) is 25.9 Å². The van der Waals surface area contributed by atoms with Crippen LogP contribution in [-0.4, -0.2) is 47.4 Å². The van der Waals surface area contributed by atoms with Crippen molar-refractivity contribution in [1.29, 1.82) is 0 Å². The van der Waals surface area contributed by atoms with Gasteiger partial charge in [-0.2, -0.15) is 0 Å². The molecule has 546 valence electrons. The summed E-state index contributed by atoms with van der Waals surface area (Å²) < 4.78 is 5.52. The highest BCUT2D eigenvalue weighted by Crippen LogP contribution is 2.21. The Bertz CT molecular complexity index is 1450. The molecule has 6 nitrogen and oxygen atoms in total. The summed E-state index contributed by atoms with van der Waals surface area (Å²) in [5.74, 6) is -0.00267. The maximum Gasteiger partial charge on any atom is 0.305 e. The Kier molecular flexibility index (Phi) is 80.3. The third-order valence-corrected chi connectivity index (χ3v) is 20.3. The highest BCUT2D eigenvalue weighted by Gasteiger charge is 2.20. The largest absolute Gasteiger partial charge is 0.466 e. The van der Waals surface area contributed by atoms with Gasteiger partial charge in [-0.3, -0.25) is 9.59 Å². The van der Waals surface area contributed by atoms with Crippen molar-refractivity contribution in [1.82, 2.24) is 5.32 Å². The Morgan fingerprint density at radius 3 is 0.826 bits per heavy atom. The number of hydrogen-bond acceptors (Lipinski definition) is 5. The summed E-state index contributed by atoms with van der Waals surface area (Å²) in [5.41, 5.74) is 0. The number of nitrogens with one attached hydrogen (secondary N) is 1. The number of unbranched alkanes of at least 4 members (excludes halogenated alkanes) is 66. The lowest BCUT2D eigenvalue weighted by molar-refractivity contribution is -0.143. The summed E-state index contributed by atoms with van der Waals surface area (Å²) in [5, 5.41) is 23.5. The fourth-order valence-corrected chi connectivity index (χ4v) is 13.8. The first-order valence-electron chi connectivity index (χ1n) is 42.6. The van der Waals surface area contributed by atoms with Crippen LogP contribution in [0.25, 0.3) is 0 Å². The zero-order chi connectivity index (χ0) is 66.3. The topological polar surface area (TPSA) is 95.9 Å². The highest BCUT2D eigenvalue weighted by atomic mass is 16.5. The zero-order valence-corrected chi connectivity index (χ0v) is 62.8. The van der Waals surface area contributed by atoms with E-state index < -0.39 is 12.1 Å². The van der Waals surface area contributed by atoms with Gasteiger partial charge < -0.3 is 20.3 Å². The van der Waals surface area contributed by atoms with Crippen molar-refractivity contribution in [2.24, 2.45) is 0 Å². The molecule has 2 atom stereocenters.